The first-order valence-corrected chi connectivity index (χ1v) is 11.0. The van der Waals surface area contributed by atoms with Crippen molar-refractivity contribution >= 4 is 29.7 Å². The van der Waals surface area contributed by atoms with Gasteiger partial charge in [0.05, 0.1) is 6.20 Å². The van der Waals surface area contributed by atoms with Crippen molar-refractivity contribution in [3.8, 4) is 16.9 Å². The molecular weight excluding hydrogens is 436 g/mol. The zero-order chi connectivity index (χ0) is 23.3. The van der Waals surface area contributed by atoms with Crippen LogP contribution >= 0.6 is 11.8 Å². The molecule has 170 valence electrons. The minimum absolute atomic E-state index is 0.288. The van der Waals surface area contributed by atoms with Crippen molar-refractivity contribution in [1.82, 2.24) is 9.97 Å². The topological polar surface area (TPSA) is 114 Å². The van der Waals surface area contributed by atoms with Crippen LogP contribution in [-0.2, 0) is 28.6 Å². The summed E-state index contributed by atoms with van der Waals surface area (Å²) < 4.78 is 22.3. The molecule has 0 bridgehead atoms. The van der Waals surface area contributed by atoms with E-state index in [1.807, 2.05) is 19.1 Å². The largest absolute Gasteiger partial charge is 0.474 e. The molecule has 1 fully saturated rings. The summed E-state index contributed by atoms with van der Waals surface area (Å²) in [4.78, 5) is 43.4. The van der Waals surface area contributed by atoms with Gasteiger partial charge in [0.1, 0.15) is 5.75 Å². The smallest absolute Gasteiger partial charge is 0.303 e. The number of pyridine rings is 2. The zero-order valence-corrected chi connectivity index (χ0v) is 19.0. The molecule has 0 aliphatic carbocycles. The maximum Gasteiger partial charge on any atom is 0.303 e. The first-order valence-electron chi connectivity index (χ1n) is 9.90. The Morgan fingerprint density at radius 3 is 2.28 bits per heavy atom. The Balaban J connectivity index is 1.88. The Hall–Kier alpha value is -3.14. The minimum atomic E-state index is -1.01. The summed E-state index contributed by atoms with van der Waals surface area (Å²) in [5.74, 6) is -0.966. The molecule has 32 heavy (non-hydrogen) atoms. The third-order valence-corrected chi connectivity index (χ3v) is 5.82. The second kappa shape index (κ2) is 10.4. The van der Waals surface area contributed by atoms with E-state index in [0.29, 0.717) is 5.75 Å². The molecule has 0 unspecified atom stereocenters. The third kappa shape index (κ3) is 5.97. The Labute approximate surface area is 189 Å². The molecule has 10 heteroatoms. The number of carbonyl (C=O) groups is 3. The van der Waals surface area contributed by atoms with Crippen LogP contribution < -0.4 is 4.74 Å². The number of carbonyl (C=O) groups excluding carboxylic acids is 3. The molecule has 2 aromatic heterocycles. The van der Waals surface area contributed by atoms with Crippen molar-refractivity contribution in [1.29, 1.82) is 0 Å². The van der Waals surface area contributed by atoms with E-state index in [1.165, 1.54) is 32.5 Å². The van der Waals surface area contributed by atoms with Crippen LogP contribution in [0.5, 0.6) is 5.75 Å². The standard InChI is InChI=1S/C22H24N2O7S/c1-12-8-23-6-5-18(12)16-7-17(10-24-9-16)31-22-21(30-15(4)27)20(29-14(3)26)19(11-32-22)28-13(2)25/h5-10,19-22H,11H2,1-4H3/t19-,20+,21-,22-/m1/s1. The average Bonchev–Trinajstić information content (AvgIpc) is 2.72. The highest BCUT2D eigenvalue weighted by atomic mass is 32.2. The molecule has 1 aliphatic heterocycles. The maximum atomic E-state index is 11.8. The Morgan fingerprint density at radius 2 is 1.62 bits per heavy atom. The summed E-state index contributed by atoms with van der Waals surface area (Å²) in [7, 11) is 0. The van der Waals surface area contributed by atoms with Crippen molar-refractivity contribution in [3.63, 3.8) is 0 Å². The number of hydrogen-bond acceptors (Lipinski definition) is 10. The minimum Gasteiger partial charge on any atom is -0.474 e. The molecule has 9 nitrogen and oxygen atoms in total. The van der Waals surface area contributed by atoms with Crippen LogP contribution in [0.15, 0.2) is 36.9 Å². The van der Waals surface area contributed by atoms with E-state index in [4.69, 9.17) is 18.9 Å². The number of thioether (sulfide) groups is 1. The van der Waals surface area contributed by atoms with Crippen molar-refractivity contribution in [2.24, 2.45) is 0 Å². The fourth-order valence-electron chi connectivity index (χ4n) is 3.37. The molecule has 2 aromatic rings. The average molecular weight is 461 g/mol. The van der Waals surface area contributed by atoms with E-state index in [1.54, 1.807) is 24.8 Å². The lowest BCUT2D eigenvalue weighted by Gasteiger charge is -2.39. The van der Waals surface area contributed by atoms with Crippen LogP contribution in [0.1, 0.15) is 26.3 Å². The summed E-state index contributed by atoms with van der Waals surface area (Å²) in [6, 6.07) is 3.70. The SMILES string of the molecule is CC(=O)O[C@@H]1[C@@H](OC(C)=O)[C@H](OC(C)=O)CS[C@H]1Oc1cncc(-c2ccncc2C)c1. The normalized spacial score (nSPS) is 22.5. The quantitative estimate of drug-likeness (QED) is 0.471. The van der Waals surface area contributed by atoms with Gasteiger partial charge in [0, 0.05) is 50.7 Å². The van der Waals surface area contributed by atoms with E-state index in [-0.39, 0.29) is 5.75 Å². The van der Waals surface area contributed by atoms with Crippen molar-refractivity contribution in [2.75, 3.05) is 5.75 Å². The Morgan fingerprint density at radius 1 is 0.938 bits per heavy atom. The van der Waals surface area contributed by atoms with Crippen molar-refractivity contribution in [3.05, 3.63) is 42.5 Å². The lowest BCUT2D eigenvalue weighted by atomic mass is 10.0. The van der Waals surface area contributed by atoms with E-state index in [2.05, 4.69) is 9.97 Å². The molecule has 3 rings (SSSR count). The van der Waals surface area contributed by atoms with Crippen molar-refractivity contribution < 1.29 is 33.3 Å². The first kappa shape index (κ1) is 23.5. The highest BCUT2D eigenvalue weighted by molar-refractivity contribution is 7.99. The monoisotopic (exact) mass is 460 g/mol. The molecule has 0 N–H and O–H groups in total. The number of aromatic nitrogens is 2. The van der Waals surface area contributed by atoms with Gasteiger partial charge >= 0.3 is 17.9 Å². The third-order valence-electron chi connectivity index (χ3n) is 4.60. The predicted molar refractivity (Wildman–Crippen MR) is 116 cm³/mol. The van der Waals surface area contributed by atoms with Gasteiger partial charge in [0.2, 0.25) is 0 Å². The van der Waals surface area contributed by atoms with Gasteiger partial charge in [0.25, 0.3) is 0 Å². The number of rotatable bonds is 6. The van der Waals surface area contributed by atoms with Crippen LogP contribution in [0.2, 0.25) is 0 Å². The number of nitrogens with zero attached hydrogens (tertiary/aromatic N) is 2. The number of hydrogen-bond donors (Lipinski definition) is 0. The van der Waals surface area contributed by atoms with Gasteiger partial charge in [-0.25, -0.2) is 0 Å². The first-order chi connectivity index (χ1) is 15.2. The maximum absolute atomic E-state index is 11.8. The Bertz CT molecular complexity index is 1000. The highest BCUT2D eigenvalue weighted by Gasteiger charge is 2.47. The van der Waals surface area contributed by atoms with Gasteiger partial charge in [-0.2, -0.15) is 0 Å². The van der Waals surface area contributed by atoms with Gasteiger partial charge in [0.15, 0.2) is 23.7 Å². The van der Waals surface area contributed by atoms with E-state index in [0.717, 1.165) is 16.7 Å². The van der Waals surface area contributed by atoms with Crippen LogP contribution in [0.4, 0.5) is 0 Å². The summed E-state index contributed by atoms with van der Waals surface area (Å²) in [5.41, 5.74) is 2.06. The molecule has 0 aromatic carbocycles. The highest BCUT2D eigenvalue weighted by Crippen LogP contribution is 2.35. The number of aryl methyl sites for hydroxylation is 1. The van der Waals surface area contributed by atoms with Gasteiger partial charge in [-0.05, 0) is 30.2 Å². The zero-order valence-electron chi connectivity index (χ0n) is 18.1. The molecule has 0 spiro atoms. The van der Waals surface area contributed by atoms with Gasteiger partial charge in [-0.15, -0.1) is 11.8 Å². The van der Waals surface area contributed by atoms with Crippen LogP contribution in [0.3, 0.4) is 0 Å². The van der Waals surface area contributed by atoms with Crippen LogP contribution in [0.25, 0.3) is 11.1 Å². The summed E-state index contributed by atoms with van der Waals surface area (Å²) in [6.07, 6.45) is 3.93. The molecule has 4 atom stereocenters. The van der Waals surface area contributed by atoms with Crippen LogP contribution in [-0.4, -0.2) is 57.4 Å². The van der Waals surface area contributed by atoms with E-state index >= 15 is 0 Å². The summed E-state index contributed by atoms with van der Waals surface area (Å²) >= 11 is 1.29. The molecule has 0 saturated carbocycles. The number of esters is 3. The summed E-state index contributed by atoms with van der Waals surface area (Å²) in [6.45, 7) is 5.69. The van der Waals surface area contributed by atoms with Gasteiger partial charge in [-0.1, -0.05) is 0 Å². The van der Waals surface area contributed by atoms with Crippen molar-refractivity contribution in [2.45, 2.75) is 51.4 Å². The predicted octanol–water partition coefficient (Wildman–Crippen LogP) is 2.70. The Kier molecular flexibility index (Phi) is 7.68. The molecule has 1 aliphatic rings. The molecule has 3 heterocycles. The molecule has 0 radical (unpaired) electrons. The lowest BCUT2D eigenvalue weighted by Crippen LogP contribution is -2.55. The number of ether oxygens (including phenoxy) is 4. The fraction of sp³-hybridized carbons (Fsp3) is 0.409. The van der Waals surface area contributed by atoms with Gasteiger partial charge in [-0.3, -0.25) is 24.4 Å². The van der Waals surface area contributed by atoms with Gasteiger partial charge < -0.3 is 18.9 Å². The van der Waals surface area contributed by atoms with E-state index in [9.17, 15) is 14.4 Å². The van der Waals surface area contributed by atoms with Crippen LogP contribution in [0, 0.1) is 6.92 Å². The second-order valence-electron chi connectivity index (χ2n) is 7.22. The summed E-state index contributed by atoms with van der Waals surface area (Å²) in [5, 5.41) is 0. The molecule has 1 saturated heterocycles. The second-order valence-corrected chi connectivity index (χ2v) is 8.35. The lowest BCUT2D eigenvalue weighted by molar-refractivity contribution is -0.186. The fourth-order valence-corrected chi connectivity index (χ4v) is 4.59. The molecule has 0 amide bonds. The van der Waals surface area contributed by atoms with E-state index < -0.39 is 41.7 Å². The molecular formula is C22H24N2O7S.